The third-order valence-electron chi connectivity index (χ3n) is 3.01. The molecule has 0 radical (unpaired) electrons. The molecule has 0 saturated heterocycles. The predicted octanol–water partition coefficient (Wildman–Crippen LogP) is 4.22. The van der Waals surface area contributed by atoms with E-state index in [4.69, 9.17) is 9.47 Å². The van der Waals surface area contributed by atoms with Gasteiger partial charge in [0.25, 0.3) is 5.91 Å². The zero-order valence-corrected chi connectivity index (χ0v) is 16.9. The lowest BCUT2D eigenvalue weighted by molar-refractivity contribution is 0.0955. The highest BCUT2D eigenvalue weighted by Gasteiger charge is 2.10. The molecule has 0 atom stereocenters. The molecule has 126 valence electrons. The Labute approximate surface area is 162 Å². The number of halogens is 2. The second-order valence-electron chi connectivity index (χ2n) is 4.68. The second-order valence-corrected chi connectivity index (χ2v) is 6.75. The normalized spacial score (nSPS) is 10.7. The number of benzene rings is 2. The van der Waals surface area contributed by atoms with Crippen LogP contribution in [0.4, 0.5) is 0 Å². The Hall–Kier alpha value is -1.61. The van der Waals surface area contributed by atoms with E-state index in [1.165, 1.54) is 0 Å². The number of carbonyl (C=O) groups is 1. The van der Waals surface area contributed by atoms with E-state index in [9.17, 15) is 4.79 Å². The number of methoxy groups -OCH3 is 1. The fraction of sp³-hybridized carbons (Fsp3) is 0.176. The van der Waals surface area contributed by atoms with E-state index < -0.39 is 0 Å². The maximum Gasteiger partial charge on any atom is 0.271 e. The molecule has 0 bridgehead atoms. The summed E-state index contributed by atoms with van der Waals surface area (Å²) in [6.07, 6.45) is 1.57. The Kier molecular flexibility index (Phi) is 7.04. The van der Waals surface area contributed by atoms with E-state index in [0.29, 0.717) is 23.7 Å². The summed E-state index contributed by atoms with van der Waals surface area (Å²) in [6.45, 7) is 2.48. The third-order valence-corrected chi connectivity index (χ3v) is 4.30. The number of hydrogen-bond donors (Lipinski definition) is 1. The molecule has 0 heterocycles. The van der Waals surface area contributed by atoms with E-state index in [2.05, 4.69) is 49.0 Å². The quantitative estimate of drug-likeness (QED) is 0.365. The van der Waals surface area contributed by atoms with Gasteiger partial charge in [0.2, 0.25) is 0 Å². The highest BCUT2D eigenvalue weighted by atomic mass is 127. The van der Waals surface area contributed by atoms with Gasteiger partial charge in [0.1, 0.15) is 0 Å². The van der Waals surface area contributed by atoms with Crippen LogP contribution in [0, 0.1) is 3.57 Å². The average molecular weight is 503 g/mol. The van der Waals surface area contributed by atoms with Crippen LogP contribution in [0.25, 0.3) is 0 Å². The number of amides is 1. The topological polar surface area (TPSA) is 59.9 Å². The van der Waals surface area contributed by atoms with Gasteiger partial charge < -0.3 is 9.47 Å². The summed E-state index contributed by atoms with van der Waals surface area (Å²) in [5.41, 5.74) is 3.83. The molecule has 0 spiro atoms. The first-order valence-electron chi connectivity index (χ1n) is 7.14. The van der Waals surface area contributed by atoms with Crippen LogP contribution in [-0.2, 0) is 0 Å². The number of hydrogen-bond acceptors (Lipinski definition) is 4. The Morgan fingerprint density at radius 2 is 2.17 bits per heavy atom. The highest BCUT2D eigenvalue weighted by molar-refractivity contribution is 14.1. The maximum atomic E-state index is 12.0. The molecule has 5 nitrogen and oxygen atoms in total. The van der Waals surface area contributed by atoms with Crippen molar-refractivity contribution in [2.24, 2.45) is 5.10 Å². The van der Waals surface area contributed by atoms with Crippen molar-refractivity contribution in [2.75, 3.05) is 13.7 Å². The van der Waals surface area contributed by atoms with Crippen LogP contribution >= 0.6 is 38.5 Å². The zero-order chi connectivity index (χ0) is 17.5. The summed E-state index contributed by atoms with van der Waals surface area (Å²) >= 11 is 5.51. The van der Waals surface area contributed by atoms with Crippen molar-refractivity contribution in [3.05, 3.63) is 55.6 Å². The van der Waals surface area contributed by atoms with Gasteiger partial charge in [0.05, 0.1) is 23.5 Å². The van der Waals surface area contributed by atoms with Crippen LogP contribution in [0.2, 0.25) is 0 Å². The highest BCUT2D eigenvalue weighted by Crippen LogP contribution is 2.33. The van der Waals surface area contributed by atoms with Crippen molar-refractivity contribution in [1.82, 2.24) is 5.43 Å². The van der Waals surface area contributed by atoms with Gasteiger partial charge in [-0.15, -0.1) is 0 Å². The lowest BCUT2D eigenvalue weighted by Crippen LogP contribution is -2.17. The fourth-order valence-electron chi connectivity index (χ4n) is 1.96. The first-order valence-corrected chi connectivity index (χ1v) is 9.01. The molecule has 0 aliphatic heterocycles. The maximum absolute atomic E-state index is 12.0. The molecule has 0 aliphatic rings. The summed E-state index contributed by atoms with van der Waals surface area (Å²) in [7, 11) is 1.59. The number of nitrogens with one attached hydrogen (secondary N) is 1. The van der Waals surface area contributed by atoms with E-state index in [1.807, 2.05) is 25.1 Å². The third kappa shape index (κ3) is 4.94. The van der Waals surface area contributed by atoms with Crippen molar-refractivity contribution in [3.8, 4) is 11.5 Å². The van der Waals surface area contributed by atoms with E-state index >= 15 is 0 Å². The number of carbonyl (C=O) groups excluding carboxylic acids is 1. The minimum absolute atomic E-state index is 0.278. The fourth-order valence-corrected chi connectivity index (χ4v) is 3.14. The summed E-state index contributed by atoms with van der Waals surface area (Å²) in [4.78, 5) is 12.0. The predicted molar refractivity (Wildman–Crippen MR) is 106 cm³/mol. The van der Waals surface area contributed by atoms with E-state index in [1.54, 1.807) is 31.5 Å². The van der Waals surface area contributed by atoms with Gasteiger partial charge in [0.15, 0.2) is 11.5 Å². The molecule has 1 amide bonds. The first-order chi connectivity index (χ1) is 11.5. The average Bonchev–Trinajstić information content (AvgIpc) is 2.57. The van der Waals surface area contributed by atoms with Crippen molar-refractivity contribution >= 4 is 50.6 Å². The van der Waals surface area contributed by atoms with Gasteiger partial charge in [-0.3, -0.25) is 4.79 Å². The number of rotatable bonds is 6. The van der Waals surface area contributed by atoms with Crippen LogP contribution in [0.15, 0.2) is 46.0 Å². The van der Waals surface area contributed by atoms with Crippen LogP contribution in [0.5, 0.6) is 11.5 Å². The Morgan fingerprint density at radius 1 is 1.38 bits per heavy atom. The molecular weight excluding hydrogens is 487 g/mol. The van der Waals surface area contributed by atoms with Gasteiger partial charge >= 0.3 is 0 Å². The first kappa shape index (κ1) is 18.7. The molecule has 2 aromatic rings. The van der Waals surface area contributed by atoms with Gasteiger partial charge in [-0.1, -0.05) is 22.0 Å². The number of hydrazone groups is 1. The number of nitrogens with zero attached hydrogens (tertiary/aromatic N) is 1. The molecule has 1 N–H and O–H groups in total. The minimum atomic E-state index is -0.278. The minimum Gasteiger partial charge on any atom is -0.493 e. The van der Waals surface area contributed by atoms with E-state index in [0.717, 1.165) is 13.6 Å². The molecule has 7 heteroatoms. The van der Waals surface area contributed by atoms with Crippen molar-refractivity contribution < 1.29 is 14.3 Å². The smallest absolute Gasteiger partial charge is 0.271 e. The van der Waals surface area contributed by atoms with Crippen molar-refractivity contribution in [2.45, 2.75) is 6.92 Å². The summed E-state index contributed by atoms with van der Waals surface area (Å²) in [6, 6.07) is 10.8. The monoisotopic (exact) mass is 502 g/mol. The lowest BCUT2D eigenvalue weighted by atomic mass is 10.2. The summed E-state index contributed by atoms with van der Waals surface area (Å²) in [5.74, 6) is 1.06. The van der Waals surface area contributed by atoms with Crippen molar-refractivity contribution in [1.29, 1.82) is 0 Å². The Morgan fingerprint density at radius 3 is 2.83 bits per heavy atom. The summed E-state index contributed by atoms with van der Waals surface area (Å²) in [5, 5.41) is 4.00. The SMILES string of the molecule is CCOc1c(I)cc(/C=N\NC(=O)c2cccc(Br)c2)cc1OC. The molecule has 0 unspecified atom stereocenters. The van der Waals surface area contributed by atoms with Crippen molar-refractivity contribution in [3.63, 3.8) is 0 Å². The molecule has 2 rings (SSSR count). The van der Waals surface area contributed by atoms with Gasteiger partial charge in [0, 0.05) is 10.0 Å². The molecule has 2 aromatic carbocycles. The lowest BCUT2D eigenvalue weighted by Gasteiger charge is -2.12. The van der Waals surface area contributed by atoms with Gasteiger partial charge in [-0.2, -0.15) is 5.10 Å². The molecule has 0 aromatic heterocycles. The van der Waals surface area contributed by atoms with Gasteiger partial charge in [-0.25, -0.2) is 5.43 Å². The molecule has 0 saturated carbocycles. The number of ether oxygens (including phenoxy) is 2. The molecular formula is C17H16BrIN2O3. The molecule has 24 heavy (non-hydrogen) atoms. The largest absolute Gasteiger partial charge is 0.493 e. The molecule has 0 aliphatic carbocycles. The molecule has 0 fully saturated rings. The van der Waals surface area contributed by atoms with Crippen LogP contribution in [0.1, 0.15) is 22.8 Å². The Bertz CT molecular complexity index is 765. The van der Waals surface area contributed by atoms with E-state index in [-0.39, 0.29) is 5.91 Å². The Balaban J connectivity index is 2.11. The zero-order valence-electron chi connectivity index (χ0n) is 13.2. The van der Waals surface area contributed by atoms with Crippen LogP contribution in [-0.4, -0.2) is 25.8 Å². The van der Waals surface area contributed by atoms with Crippen LogP contribution < -0.4 is 14.9 Å². The van der Waals surface area contributed by atoms with Gasteiger partial charge in [-0.05, 0) is 65.4 Å². The standard InChI is InChI=1S/C17H16BrIN2O3/c1-3-24-16-14(19)7-11(8-15(16)23-2)10-20-21-17(22)12-5-4-6-13(18)9-12/h4-10H,3H2,1-2H3,(H,21,22)/b20-10-. The van der Waals surface area contributed by atoms with Crippen LogP contribution in [0.3, 0.4) is 0 Å². The summed E-state index contributed by atoms with van der Waals surface area (Å²) < 4.78 is 12.7. The second kappa shape index (κ2) is 9.03.